The average Bonchev–Trinajstić information content (AvgIpc) is 2.93. The minimum Gasteiger partial charge on any atom is -0.496 e. The summed E-state index contributed by atoms with van der Waals surface area (Å²) in [4.78, 5) is 43.7. The summed E-state index contributed by atoms with van der Waals surface area (Å²) in [6.07, 6.45) is -11.0. The lowest BCUT2D eigenvalue weighted by atomic mass is 10.0. The van der Waals surface area contributed by atoms with E-state index in [1.165, 1.54) is 21.8 Å². The van der Waals surface area contributed by atoms with E-state index in [-0.39, 0.29) is 56.9 Å². The number of ether oxygens (including phenoxy) is 1. The summed E-state index contributed by atoms with van der Waals surface area (Å²) < 4.78 is 85.0. The Hall–Kier alpha value is -4.01. The van der Waals surface area contributed by atoms with E-state index in [1.54, 1.807) is 24.3 Å². The van der Waals surface area contributed by atoms with E-state index in [2.05, 4.69) is 5.32 Å². The molecule has 2 atom stereocenters. The third-order valence-electron chi connectivity index (χ3n) is 7.20. The highest BCUT2D eigenvalue weighted by molar-refractivity contribution is 5.91. The SMILES string of the molecule is COc1ccccc1CN1C[C@@H]2N(C(=O)NCc3cc(C(F)(F)F)cc(C(F)(F)F)c3)CCC(=O)N2[C@@H](CCN)C1=O. The van der Waals surface area contributed by atoms with Gasteiger partial charge in [-0.3, -0.25) is 9.59 Å². The lowest BCUT2D eigenvalue weighted by molar-refractivity contribution is -0.167. The van der Waals surface area contributed by atoms with Gasteiger partial charge in [-0.05, 0) is 42.8 Å². The summed E-state index contributed by atoms with van der Waals surface area (Å²) in [5.41, 5.74) is 3.01. The van der Waals surface area contributed by atoms with Gasteiger partial charge in [0.15, 0.2) is 0 Å². The van der Waals surface area contributed by atoms with Crippen LogP contribution in [0.1, 0.15) is 35.1 Å². The Morgan fingerprint density at radius 1 is 1.05 bits per heavy atom. The van der Waals surface area contributed by atoms with E-state index in [4.69, 9.17) is 10.5 Å². The number of methoxy groups -OCH3 is 1. The molecule has 0 spiro atoms. The maximum Gasteiger partial charge on any atom is 0.416 e. The van der Waals surface area contributed by atoms with Gasteiger partial charge in [0.2, 0.25) is 11.8 Å². The van der Waals surface area contributed by atoms with Crippen molar-refractivity contribution in [1.29, 1.82) is 0 Å². The maximum absolute atomic E-state index is 13.5. The number of para-hydroxylation sites is 1. The van der Waals surface area contributed by atoms with Gasteiger partial charge < -0.3 is 30.5 Å². The molecule has 2 aliphatic heterocycles. The van der Waals surface area contributed by atoms with Gasteiger partial charge in [-0.1, -0.05) is 18.2 Å². The number of benzene rings is 2. The summed E-state index contributed by atoms with van der Waals surface area (Å²) in [7, 11) is 1.48. The van der Waals surface area contributed by atoms with Crippen molar-refractivity contribution in [2.45, 2.75) is 50.5 Å². The first-order valence-corrected chi connectivity index (χ1v) is 13.0. The smallest absolute Gasteiger partial charge is 0.416 e. The molecular weight excluding hydrogens is 572 g/mol. The van der Waals surface area contributed by atoms with Gasteiger partial charge >= 0.3 is 18.4 Å². The summed E-state index contributed by atoms with van der Waals surface area (Å²) in [5, 5.41) is 2.38. The Balaban J connectivity index is 1.59. The molecule has 42 heavy (non-hydrogen) atoms. The minimum absolute atomic E-state index is 0.00634. The molecule has 0 bridgehead atoms. The van der Waals surface area contributed by atoms with Crippen LogP contribution in [0.25, 0.3) is 0 Å². The molecule has 2 aliphatic rings. The lowest BCUT2D eigenvalue weighted by Crippen LogP contribution is -2.72. The molecule has 4 amide bonds. The molecule has 2 fully saturated rings. The van der Waals surface area contributed by atoms with E-state index >= 15 is 0 Å². The second-order valence-corrected chi connectivity index (χ2v) is 9.92. The standard InChI is InChI=1S/C27H29F6N5O4/c1-42-21-5-3-2-4-17(21)14-36-15-22-37(9-7-23(39)38(22)20(6-8-34)24(36)40)25(41)35-13-16-10-18(26(28,29)30)12-19(11-16)27(31,32)33/h2-5,10-12,20,22H,6-9,13-15,34H2,1H3,(H,35,41)/t20-,22+/m0/s1. The number of piperazine rings is 1. The van der Waals surface area contributed by atoms with Crippen LogP contribution in [0.2, 0.25) is 0 Å². The molecular formula is C27H29F6N5O4. The van der Waals surface area contributed by atoms with Gasteiger partial charge in [0, 0.05) is 31.6 Å². The molecule has 2 heterocycles. The van der Waals surface area contributed by atoms with Gasteiger partial charge in [0.05, 0.1) is 24.8 Å². The molecule has 2 aromatic carbocycles. The van der Waals surface area contributed by atoms with Crippen LogP contribution in [0.5, 0.6) is 5.75 Å². The number of amides is 4. The fourth-order valence-electron chi connectivity index (χ4n) is 5.24. The van der Waals surface area contributed by atoms with E-state index < -0.39 is 53.8 Å². The van der Waals surface area contributed by atoms with Crippen LogP contribution < -0.4 is 15.8 Å². The zero-order valence-electron chi connectivity index (χ0n) is 22.5. The average molecular weight is 602 g/mol. The van der Waals surface area contributed by atoms with Gasteiger partial charge in [-0.15, -0.1) is 0 Å². The topological polar surface area (TPSA) is 108 Å². The van der Waals surface area contributed by atoms with Gasteiger partial charge in [0.1, 0.15) is 18.0 Å². The molecule has 15 heteroatoms. The molecule has 4 rings (SSSR count). The van der Waals surface area contributed by atoms with E-state index in [1.807, 2.05) is 0 Å². The third kappa shape index (κ3) is 6.55. The molecule has 228 valence electrons. The molecule has 3 N–H and O–H groups in total. The number of nitrogens with two attached hydrogens (primary N) is 1. The first-order valence-electron chi connectivity index (χ1n) is 13.0. The Labute approximate surface area is 237 Å². The number of rotatable bonds is 7. The molecule has 0 aliphatic carbocycles. The summed E-state index contributed by atoms with van der Waals surface area (Å²) in [6, 6.07) is 6.29. The molecule has 0 aromatic heterocycles. The van der Waals surface area contributed by atoms with Crippen LogP contribution in [0.3, 0.4) is 0 Å². The number of alkyl halides is 6. The quantitative estimate of drug-likeness (QED) is 0.472. The molecule has 0 unspecified atom stereocenters. The van der Waals surface area contributed by atoms with Gasteiger partial charge in [0.25, 0.3) is 0 Å². The van der Waals surface area contributed by atoms with Crippen molar-refractivity contribution in [3.8, 4) is 5.75 Å². The number of fused-ring (bicyclic) bond motifs is 1. The van der Waals surface area contributed by atoms with Crippen LogP contribution in [-0.2, 0) is 35.0 Å². The third-order valence-corrected chi connectivity index (χ3v) is 7.20. The van der Waals surface area contributed by atoms with Crippen LogP contribution in [0.4, 0.5) is 31.1 Å². The van der Waals surface area contributed by atoms with Crippen LogP contribution in [-0.4, -0.2) is 71.5 Å². The number of nitrogens with zero attached hydrogens (tertiary/aromatic N) is 3. The number of hydrogen-bond acceptors (Lipinski definition) is 5. The summed E-state index contributed by atoms with van der Waals surface area (Å²) in [5.74, 6) is -0.223. The Morgan fingerprint density at radius 2 is 1.69 bits per heavy atom. The van der Waals surface area contributed by atoms with E-state index in [0.717, 1.165) is 0 Å². The summed E-state index contributed by atoms with van der Waals surface area (Å²) in [6.45, 7) is -0.632. The first kappa shape index (κ1) is 30.9. The van der Waals surface area contributed by atoms with Crippen LogP contribution in [0, 0.1) is 0 Å². The number of nitrogens with one attached hydrogen (secondary N) is 1. The van der Waals surface area contributed by atoms with E-state index in [9.17, 15) is 40.7 Å². The monoisotopic (exact) mass is 601 g/mol. The molecule has 9 nitrogen and oxygen atoms in total. The van der Waals surface area contributed by atoms with Crippen molar-refractivity contribution >= 4 is 17.8 Å². The second-order valence-electron chi connectivity index (χ2n) is 9.92. The van der Waals surface area contributed by atoms with Gasteiger partial charge in [-0.2, -0.15) is 26.3 Å². The second kappa shape index (κ2) is 12.1. The fraction of sp³-hybridized carbons (Fsp3) is 0.444. The zero-order valence-corrected chi connectivity index (χ0v) is 22.5. The Bertz CT molecular complexity index is 1300. The minimum atomic E-state index is -5.04. The van der Waals surface area contributed by atoms with Crippen LogP contribution >= 0.6 is 0 Å². The van der Waals surface area contributed by atoms with Gasteiger partial charge in [-0.25, -0.2) is 4.79 Å². The number of hydrogen-bond donors (Lipinski definition) is 2. The number of carbonyl (C=O) groups excluding carboxylic acids is 3. The Morgan fingerprint density at radius 3 is 2.29 bits per heavy atom. The highest BCUT2D eigenvalue weighted by atomic mass is 19.4. The van der Waals surface area contributed by atoms with E-state index in [0.29, 0.717) is 23.4 Å². The van der Waals surface area contributed by atoms with Crippen LogP contribution in [0.15, 0.2) is 42.5 Å². The van der Waals surface area contributed by atoms with Crippen molar-refractivity contribution in [2.24, 2.45) is 5.73 Å². The molecule has 2 aromatic rings. The maximum atomic E-state index is 13.5. The fourth-order valence-corrected chi connectivity index (χ4v) is 5.24. The predicted octanol–water partition coefficient (Wildman–Crippen LogP) is 3.56. The molecule has 0 radical (unpaired) electrons. The number of halogens is 6. The van der Waals surface area contributed by atoms with Crippen molar-refractivity contribution in [1.82, 2.24) is 20.0 Å². The van der Waals surface area contributed by atoms with Crippen molar-refractivity contribution in [2.75, 3.05) is 26.7 Å². The number of carbonyl (C=O) groups is 3. The number of urea groups is 1. The highest BCUT2D eigenvalue weighted by Crippen LogP contribution is 2.36. The largest absolute Gasteiger partial charge is 0.496 e. The molecule has 2 saturated heterocycles. The summed E-state index contributed by atoms with van der Waals surface area (Å²) >= 11 is 0. The van der Waals surface area contributed by atoms with Crippen molar-refractivity contribution in [3.05, 3.63) is 64.7 Å². The zero-order chi connectivity index (χ0) is 30.8. The Kier molecular flexibility index (Phi) is 8.89. The van der Waals surface area contributed by atoms with Crippen molar-refractivity contribution < 1.29 is 45.5 Å². The first-order chi connectivity index (χ1) is 19.7. The lowest BCUT2D eigenvalue weighted by Gasteiger charge is -2.52. The predicted molar refractivity (Wildman–Crippen MR) is 137 cm³/mol. The highest BCUT2D eigenvalue weighted by Gasteiger charge is 2.48. The van der Waals surface area contributed by atoms with Crippen molar-refractivity contribution in [3.63, 3.8) is 0 Å². The molecule has 0 saturated carbocycles. The normalized spacial score (nSPS) is 19.6.